The van der Waals surface area contributed by atoms with Crippen LogP contribution in [0.25, 0.3) is 0 Å². The minimum atomic E-state index is -0.363. The summed E-state index contributed by atoms with van der Waals surface area (Å²) in [5, 5.41) is 0. The van der Waals surface area contributed by atoms with Gasteiger partial charge in [0.15, 0.2) is 0 Å². The van der Waals surface area contributed by atoms with Crippen LogP contribution in [0.3, 0.4) is 0 Å². The van der Waals surface area contributed by atoms with Gasteiger partial charge in [0, 0.05) is 24.7 Å². The van der Waals surface area contributed by atoms with Gasteiger partial charge in [0.05, 0.1) is 12.1 Å². The Morgan fingerprint density at radius 2 is 1.44 bits per heavy atom. The van der Waals surface area contributed by atoms with Gasteiger partial charge >= 0.3 is 0 Å². The number of carbonyl (C=O) groups excluding carboxylic acids is 1. The Morgan fingerprint density at radius 3 is 2.13 bits per heavy atom. The molecule has 1 heterocycles. The normalized spacial score (nSPS) is 17.9. The molecule has 0 saturated heterocycles. The molecule has 39 heavy (non-hydrogen) atoms. The number of aryl methyl sites for hydroxylation is 1. The lowest BCUT2D eigenvalue weighted by Gasteiger charge is -2.43. The van der Waals surface area contributed by atoms with Gasteiger partial charge in [-0.15, -0.1) is 0 Å². The van der Waals surface area contributed by atoms with Crippen molar-refractivity contribution in [3.63, 3.8) is 0 Å². The molecule has 0 aromatic heterocycles. The maximum atomic E-state index is 14.9. The van der Waals surface area contributed by atoms with E-state index in [1.165, 1.54) is 39.4 Å². The van der Waals surface area contributed by atoms with Crippen molar-refractivity contribution in [2.45, 2.75) is 57.8 Å². The minimum absolute atomic E-state index is 0.00550. The highest BCUT2D eigenvalue weighted by atomic mass is 19.1. The van der Waals surface area contributed by atoms with Gasteiger partial charge in [0.25, 0.3) is 0 Å². The van der Waals surface area contributed by atoms with E-state index < -0.39 is 0 Å². The zero-order valence-corrected chi connectivity index (χ0v) is 22.7. The summed E-state index contributed by atoms with van der Waals surface area (Å²) in [4.78, 5) is 18.9. The van der Waals surface area contributed by atoms with E-state index in [2.05, 4.69) is 84.6 Å². The maximum absolute atomic E-state index is 14.9. The molecule has 1 aliphatic heterocycles. The highest BCUT2D eigenvalue weighted by Gasteiger charge is 2.39. The third kappa shape index (κ3) is 4.90. The molecule has 2 atom stereocenters. The van der Waals surface area contributed by atoms with Crippen molar-refractivity contribution in [1.29, 1.82) is 0 Å². The molecule has 0 N–H and O–H groups in total. The van der Waals surface area contributed by atoms with Crippen LogP contribution in [0.1, 0.15) is 51.9 Å². The molecule has 4 heteroatoms. The van der Waals surface area contributed by atoms with Crippen molar-refractivity contribution in [3.05, 3.63) is 142 Å². The molecule has 2 aliphatic rings. The number of fused-ring (bicyclic) bond motifs is 2. The topological polar surface area (TPSA) is 23.6 Å². The number of carbonyl (C=O) groups is 1. The third-order valence-corrected chi connectivity index (χ3v) is 8.71. The summed E-state index contributed by atoms with van der Waals surface area (Å²) in [7, 11) is 0. The van der Waals surface area contributed by atoms with E-state index in [1.807, 2.05) is 17.9 Å². The molecule has 4 aromatic rings. The standard InChI is InChI=1S/C35H35FN2O/c1-24-11-3-8-16-31(24)34-32-17-9-6-12-26(32)19-20-37(34)25(2)35(39)38(23-29-15-7-10-18-33(29)36)30-21-27-13-4-5-14-28(27)22-30/h3-18,25,30,34H,19-23H2,1-2H3/t25-,34?/m1/s1. The molecule has 0 spiro atoms. The second-order valence-electron chi connectivity index (χ2n) is 11.0. The lowest BCUT2D eigenvalue weighted by atomic mass is 9.85. The van der Waals surface area contributed by atoms with Crippen molar-refractivity contribution in [1.82, 2.24) is 9.80 Å². The quantitative estimate of drug-likeness (QED) is 0.285. The Kier molecular flexibility index (Phi) is 7.05. The molecule has 198 valence electrons. The van der Waals surface area contributed by atoms with Crippen LogP contribution in [0.15, 0.2) is 97.1 Å². The molecule has 6 rings (SSSR count). The predicted molar refractivity (Wildman–Crippen MR) is 154 cm³/mol. The molecule has 3 nitrogen and oxygen atoms in total. The first-order valence-corrected chi connectivity index (χ1v) is 14.0. The fourth-order valence-corrected chi connectivity index (χ4v) is 6.58. The minimum Gasteiger partial charge on any atom is -0.333 e. The van der Waals surface area contributed by atoms with Crippen LogP contribution in [0, 0.1) is 12.7 Å². The lowest BCUT2D eigenvalue weighted by molar-refractivity contribution is -0.140. The van der Waals surface area contributed by atoms with Gasteiger partial charge < -0.3 is 4.90 Å². The van der Waals surface area contributed by atoms with Crippen molar-refractivity contribution in [2.24, 2.45) is 0 Å². The van der Waals surface area contributed by atoms with Crippen molar-refractivity contribution >= 4 is 5.91 Å². The van der Waals surface area contributed by atoms with E-state index in [0.717, 1.165) is 25.8 Å². The molecule has 4 aromatic carbocycles. The fourth-order valence-electron chi connectivity index (χ4n) is 6.58. The van der Waals surface area contributed by atoms with Crippen LogP contribution in [0.4, 0.5) is 4.39 Å². The van der Waals surface area contributed by atoms with Crippen LogP contribution >= 0.6 is 0 Å². The number of nitrogens with zero attached hydrogens (tertiary/aromatic N) is 2. The van der Waals surface area contributed by atoms with E-state index in [1.54, 1.807) is 12.1 Å². The van der Waals surface area contributed by atoms with E-state index in [0.29, 0.717) is 5.56 Å². The van der Waals surface area contributed by atoms with E-state index in [9.17, 15) is 9.18 Å². The van der Waals surface area contributed by atoms with Crippen molar-refractivity contribution < 1.29 is 9.18 Å². The zero-order chi connectivity index (χ0) is 26.9. The SMILES string of the molecule is Cc1ccccc1C1c2ccccc2CCN1[C@H](C)C(=O)N(Cc1ccccc1F)C1Cc2ccccc2C1. The summed E-state index contributed by atoms with van der Waals surface area (Å²) in [5.41, 5.74) is 8.20. The van der Waals surface area contributed by atoms with E-state index in [-0.39, 0.29) is 36.4 Å². The molecule has 0 radical (unpaired) electrons. The Bertz CT molecular complexity index is 1470. The number of benzene rings is 4. The zero-order valence-electron chi connectivity index (χ0n) is 22.7. The lowest BCUT2D eigenvalue weighted by Crippen LogP contribution is -2.53. The first kappa shape index (κ1) is 25.5. The second-order valence-corrected chi connectivity index (χ2v) is 11.0. The van der Waals surface area contributed by atoms with Crippen LogP contribution in [-0.4, -0.2) is 34.3 Å². The third-order valence-electron chi connectivity index (χ3n) is 8.71. The molecule has 1 amide bonds. The Hall–Kier alpha value is -3.76. The van der Waals surface area contributed by atoms with Gasteiger partial charge in [0.1, 0.15) is 5.82 Å². The number of halogens is 1. The molecule has 0 saturated carbocycles. The average molecular weight is 519 g/mol. The summed E-state index contributed by atoms with van der Waals surface area (Å²) in [6, 6.07) is 32.0. The molecule has 0 bridgehead atoms. The summed E-state index contributed by atoms with van der Waals surface area (Å²) >= 11 is 0. The fraction of sp³-hybridized carbons (Fsp3) is 0.286. The van der Waals surface area contributed by atoms with Gasteiger partial charge in [-0.2, -0.15) is 0 Å². The summed E-state index contributed by atoms with van der Waals surface area (Å²) < 4.78 is 14.9. The Morgan fingerprint density at radius 1 is 0.846 bits per heavy atom. The van der Waals surface area contributed by atoms with Gasteiger partial charge in [-0.3, -0.25) is 9.69 Å². The van der Waals surface area contributed by atoms with E-state index in [4.69, 9.17) is 0 Å². The first-order chi connectivity index (χ1) is 19.0. The van der Waals surface area contributed by atoms with Gasteiger partial charge in [-0.1, -0.05) is 91.0 Å². The first-order valence-electron chi connectivity index (χ1n) is 14.0. The number of amides is 1. The second kappa shape index (κ2) is 10.8. The van der Waals surface area contributed by atoms with Crippen LogP contribution in [0.5, 0.6) is 0 Å². The van der Waals surface area contributed by atoms with Gasteiger partial charge in [-0.05, 0) is 72.6 Å². The summed E-state index contributed by atoms with van der Waals surface area (Å²) in [6.45, 7) is 5.25. The Labute approximate surface area is 230 Å². The maximum Gasteiger partial charge on any atom is 0.240 e. The van der Waals surface area contributed by atoms with Crippen LogP contribution < -0.4 is 0 Å². The number of rotatable bonds is 6. The van der Waals surface area contributed by atoms with E-state index >= 15 is 0 Å². The molecular formula is C35H35FN2O. The van der Waals surface area contributed by atoms with Crippen LogP contribution in [-0.2, 0) is 30.6 Å². The monoisotopic (exact) mass is 518 g/mol. The smallest absolute Gasteiger partial charge is 0.240 e. The molecule has 1 unspecified atom stereocenters. The number of hydrogen-bond acceptors (Lipinski definition) is 2. The van der Waals surface area contributed by atoms with Crippen molar-refractivity contribution in [2.75, 3.05) is 6.54 Å². The van der Waals surface area contributed by atoms with Gasteiger partial charge in [-0.25, -0.2) is 4.39 Å². The highest BCUT2D eigenvalue weighted by Crippen LogP contribution is 2.38. The molecule has 1 aliphatic carbocycles. The summed E-state index contributed by atoms with van der Waals surface area (Å²) in [5.74, 6) is -0.197. The highest BCUT2D eigenvalue weighted by molar-refractivity contribution is 5.82. The Balaban J connectivity index is 1.36. The number of hydrogen-bond donors (Lipinski definition) is 0. The summed E-state index contributed by atoms with van der Waals surface area (Å²) in [6.07, 6.45) is 2.50. The molecule has 0 fully saturated rings. The average Bonchev–Trinajstić information content (AvgIpc) is 3.40. The van der Waals surface area contributed by atoms with Crippen molar-refractivity contribution in [3.8, 4) is 0 Å². The molecular weight excluding hydrogens is 483 g/mol. The predicted octanol–water partition coefficient (Wildman–Crippen LogP) is 6.67. The van der Waals surface area contributed by atoms with Crippen LogP contribution in [0.2, 0.25) is 0 Å². The largest absolute Gasteiger partial charge is 0.333 e. The van der Waals surface area contributed by atoms with Gasteiger partial charge in [0.2, 0.25) is 5.91 Å².